The topological polar surface area (TPSA) is 77.5 Å². The minimum absolute atomic E-state index is 0.156. The predicted molar refractivity (Wildman–Crippen MR) is 68.4 cm³/mol. The molecule has 5 heteroatoms. The van der Waals surface area contributed by atoms with Crippen LogP contribution >= 0.6 is 0 Å². The summed E-state index contributed by atoms with van der Waals surface area (Å²) in [6.07, 6.45) is 1.47. The second-order valence-corrected chi connectivity index (χ2v) is 3.80. The molecule has 96 valence electrons. The lowest BCUT2D eigenvalue weighted by Crippen LogP contribution is -2.27. The molecule has 2 aromatic rings. The third-order valence-corrected chi connectivity index (χ3v) is 2.52. The third kappa shape index (κ3) is 2.88. The molecule has 0 saturated carbocycles. The van der Waals surface area contributed by atoms with Gasteiger partial charge in [-0.3, -0.25) is 4.79 Å². The molecule has 0 fully saturated rings. The van der Waals surface area contributed by atoms with Crippen LogP contribution in [-0.4, -0.2) is 32.2 Å². The van der Waals surface area contributed by atoms with Gasteiger partial charge in [-0.2, -0.15) is 0 Å². The lowest BCUT2D eigenvalue weighted by Gasteiger charge is -2.04. The van der Waals surface area contributed by atoms with Gasteiger partial charge in [0.15, 0.2) is 0 Å². The average Bonchev–Trinajstić information content (AvgIpc) is 2.82. The summed E-state index contributed by atoms with van der Waals surface area (Å²) in [6.45, 7) is 1.90. The van der Waals surface area contributed by atoms with Crippen LogP contribution in [0.5, 0.6) is 0 Å². The quantitative estimate of drug-likeness (QED) is 0.751. The number of hydrogen-bond acceptors (Lipinski definition) is 4. The Morgan fingerprint density at radius 2 is 2.17 bits per heavy atom. The van der Waals surface area contributed by atoms with Gasteiger partial charge in [0.25, 0.3) is 5.91 Å². The van der Waals surface area contributed by atoms with Gasteiger partial charge in [-0.1, -0.05) is 18.2 Å². The molecule has 0 aliphatic carbocycles. The van der Waals surface area contributed by atoms with Crippen molar-refractivity contribution in [2.75, 3.05) is 26.3 Å². The summed E-state index contributed by atoms with van der Waals surface area (Å²) < 4.78 is 10.5. The first-order valence-corrected chi connectivity index (χ1v) is 5.85. The summed E-state index contributed by atoms with van der Waals surface area (Å²) in [5, 5.41) is 3.59. The van der Waals surface area contributed by atoms with Crippen molar-refractivity contribution >= 4 is 16.9 Å². The van der Waals surface area contributed by atoms with E-state index in [-0.39, 0.29) is 5.91 Å². The number of nitrogens with two attached hydrogens (primary N) is 1. The highest BCUT2D eigenvalue weighted by molar-refractivity contribution is 6.05. The largest absolute Gasteiger partial charge is 0.463 e. The molecule has 0 aliphatic heterocycles. The van der Waals surface area contributed by atoms with Crippen molar-refractivity contribution in [2.45, 2.75) is 0 Å². The Morgan fingerprint density at radius 1 is 1.33 bits per heavy atom. The first-order chi connectivity index (χ1) is 8.83. The predicted octanol–water partition coefficient (Wildman–Crippen LogP) is 1.14. The van der Waals surface area contributed by atoms with Gasteiger partial charge in [0, 0.05) is 18.5 Å². The molecule has 0 radical (unpaired) electrons. The molecule has 0 aliphatic rings. The molecule has 1 aromatic carbocycles. The maximum absolute atomic E-state index is 11.9. The van der Waals surface area contributed by atoms with Crippen LogP contribution in [0, 0.1) is 0 Å². The Bertz CT molecular complexity index is 522. The molecule has 0 spiro atoms. The van der Waals surface area contributed by atoms with E-state index in [1.807, 2.05) is 24.3 Å². The van der Waals surface area contributed by atoms with Crippen molar-refractivity contribution in [2.24, 2.45) is 5.73 Å². The lowest BCUT2D eigenvalue weighted by atomic mass is 10.1. The monoisotopic (exact) mass is 248 g/mol. The van der Waals surface area contributed by atoms with Crippen LogP contribution < -0.4 is 11.1 Å². The zero-order valence-corrected chi connectivity index (χ0v) is 10.0. The van der Waals surface area contributed by atoms with Crippen LogP contribution in [0.3, 0.4) is 0 Å². The van der Waals surface area contributed by atoms with E-state index in [1.165, 1.54) is 6.26 Å². The van der Waals surface area contributed by atoms with E-state index in [0.29, 0.717) is 37.4 Å². The van der Waals surface area contributed by atoms with Crippen molar-refractivity contribution in [1.82, 2.24) is 5.32 Å². The highest BCUT2D eigenvalue weighted by Gasteiger charge is 2.12. The smallest absolute Gasteiger partial charge is 0.255 e. The Hall–Kier alpha value is -1.85. The van der Waals surface area contributed by atoms with E-state index < -0.39 is 0 Å². The first-order valence-electron chi connectivity index (χ1n) is 5.85. The summed E-state index contributed by atoms with van der Waals surface area (Å²) in [6, 6.07) is 7.43. The molecule has 3 N–H and O–H groups in total. The number of para-hydroxylation sites is 1. The molecule has 18 heavy (non-hydrogen) atoms. The number of furan rings is 1. The fourth-order valence-electron chi connectivity index (χ4n) is 1.67. The Balaban J connectivity index is 1.93. The van der Waals surface area contributed by atoms with Crippen molar-refractivity contribution in [1.29, 1.82) is 0 Å². The lowest BCUT2D eigenvalue weighted by molar-refractivity contribution is 0.0920. The molecule has 2 rings (SSSR count). The van der Waals surface area contributed by atoms with Crippen LogP contribution in [0.15, 0.2) is 34.9 Å². The van der Waals surface area contributed by atoms with Crippen molar-refractivity contribution < 1.29 is 13.9 Å². The number of nitrogens with one attached hydrogen (secondary N) is 1. The second kappa shape index (κ2) is 6.18. The maximum Gasteiger partial charge on any atom is 0.255 e. The number of ether oxygens (including phenoxy) is 1. The Kier molecular flexibility index (Phi) is 4.33. The molecular weight excluding hydrogens is 232 g/mol. The molecule has 0 atom stereocenters. The van der Waals surface area contributed by atoms with Gasteiger partial charge in [0.2, 0.25) is 0 Å². The molecule has 0 bridgehead atoms. The SMILES string of the molecule is NCCOCCNC(=O)c1coc2ccccc12. The number of rotatable bonds is 6. The Labute approximate surface area is 105 Å². The fraction of sp³-hybridized carbons (Fsp3) is 0.308. The molecule has 0 unspecified atom stereocenters. The van der Waals surface area contributed by atoms with Crippen molar-refractivity contribution in [3.63, 3.8) is 0 Å². The molecule has 1 aromatic heterocycles. The molecular formula is C13H16N2O3. The number of amides is 1. The van der Waals surface area contributed by atoms with E-state index in [0.717, 1.165) is 5.39 Å². The molecule has 0 saturated heterocycles. The third-order valence-electron chi connectivity index (χ3n) is 2.52. The van der Waals surface area contributed by atoms with E-state index in [1.54, 1.807) is 0 Å². The van der Waals surface area contributed by atoms with Gasteiger partial charge in [0.05, 0.1) is 18.8 Å². The second-order valence-electron chi connectivity index (χ2n) is 3.80. The van der Waals surface area contributed by atoms with E-state index in [2.05, 4.69) is 5.32 Å². The number of fused-ring (bicyclic) bond motifs is 1. The summed E-state index contributed by atoms with van der Waals surface area (Å²) >= 11 is 0. The average molecular weight is 248 g/mol. The summed E-state index contributed by atoms with van der Waals surface area (Å²) in [5.74, 6) is -0.156. The summed E-state index contributed by atoms with van der Waals surface area (Å²) in [7, 11) is 0. The number of benzene rings is 1. The normalized spacial score (nSPS) is 10.7. The van der Waals surface area contributed by atoms with Gasteiger partial charge >= 0.3 is 0 Å². The molecule has 5 nitrogen and oxygen atoms in total. The number of hydrogen-bond donors (Lipinski definition) is 2. The van der Waals surface area contributed by atoms with Gasteiger partial charge in [-0.25, -0.2) is 0 Å². The highest BCUT2D eigenvalue weighted by Crippen LogP contribution is 2.20. The van der Waals surface area contributed by atoms with Gasteiger partial charge in [-0.15, -0.1) is 0 Å². The highest BCUT2D eigenvalue weighted by atomic mass is 16.5. The standard InChI is InChI=1S/C13H16N2O3/c14-5-7-17-8-6-15-13(16)11-9-18-12-4-2-1-3-10(11)12/h1-4,9H,5-8,14H2,(H,15,16). The van der Waals surface area contributed by atoms with Gasteiger partial charge in [0.1, 0.15) is 11.8 Å². The summed E-state index contributed by atoms with van der Waals surface area (Å²) in [5.41, 5.74) is 6.54. The van der Waals surface area contributed by atoms with Crippen LogP contribution in [0.25, 0.3) is 11.0 Å². The summed E-state index contributed by atoms with van der Waals surface area (Å²) in [4.78, 5) is 11.9. The zero-order chi connectivity index (χ0) is 12.8. The number of carbonyl (C=O) groups excluding carboxylic acids is 1. The minimum atomic E-state index is -0.156. The number of carbonyl (C=O) groups is 1. The maximum atomic E-state index is 11.9. The zero-order valence-electron chi connectivity index (χ0n) is 10.0. The van der Waals surface area contributed by atoms with Gasteiger partial charge < -0.3 is 20.2 Å². The fourth-order valence-corrected chi connectivity index (χ4v) is 1.67. The van der Waals surface area contributed by atoms with Crippen molar-refractivity contribution in [3.8, 4) is 0 Å². The van der Waals surface area contributed by atoms with E-state index in [4.69, 9.17) is 14.9 Å². The van der Waals surface area contributed by atoms with E-state index >= 15 is 0 Å². The van der Waals surface area contributed by atoms with Gasteiger partial charge in [-0.05, 0) is 6.07 Å². The Morgan fingerprint density at radius 3 is 3.00 bits per heavy atom. The molecule has 1 heterocycles. The molecule has 1 amide bonds. The minimum Gasteiger partial charge on any atom is -0.463 e. The van der Waals surface area contributed by atoms with Crippen LogP contribution in [0.4, 0.5) is 0 Å². The first kappa shape index (κ1) is 12.6. The van der Waals surface area contributed by atoms with Crippen LogP contribution in [0.2, 0.25) is 0 Å². The van der Waals surface area contributed by atoms with Crippen LogP contribution in [0.1, 0.15) is 10.4 Å². The van der Waals surface area contributed by atoms with Crippen LogP contribution in [-0.2, 0) is 4.74 Å². The van der Waals surface area contributed by atoms with E-state index in [9.17, 15) is 4.79 Å². The van der Waals surface area contributed by atoms with Crippen molar-refractivity contribution in [3.05, 3.63) is 36.1 Å².